The molecule has 0 unspecified atom stereocenters. The van der Waals surface area contributed by atoms with Crippen LogP contribution in [-0.2, 0) is 13.0 Å². The van der Waals surface area contributed by atoms with E-state index < -0.39 is 4.92 Å². The van der Waals surface area contributed by atoms with Crippen molar-refractivity contribution < 1.29 is 9.72 Å². The molecule has 2 heterocycles. The first-order chi connectivity index (χ1) is 10.6. The molecule has 23 heavy (non-hydrogen) atoms. The van der Waals surface area contributed by atoms with Crippen molar-refractivity contribution in [1.29, 1.82) is 0 Å². The van der Waals surface area contributed by atoms with E-state index in [1.165, 1.54) is 6.07 Å². The van der Waals surface area contributed by atoms with Crippen LogP contribution in [0.1, 0.15) is 27.3 Å². The zero-order valence-electron chi connectivity index (χ0n) is 12.4. The van der Waals surface area contributed by atoms with Crippen molar-refractivity contribution in [3.8, 4) is 0 Å². The number of nitro groups is 1. The Labute approximate surface area is 138 Å². The highest BCUT2D eigenvalue weighted by atomic mass is 35.5. The first-order valence-electron chi connectivity index (χ1n) is 6.89. The van der Waals surface area contributed by atoms with Crippen molar-refractivity contribution in [3.63, 3.8) is 0 Å². The van der Waals surface area contributed by atoms with Gasteiger partial charge in [-0.25, -0.2) is 0 Å². The average molecular weight is 338 g/mol. The van der Waals surface area contributed by atoms with Gasteiger partial charge in [-0.15, -0.1) is 12.4 Å². The number of hydrogen-bond donors (Lipinski definition) is 3. The monoisotopic (exact) mass is 337 g/mol. The van der Waals surface area contributed by atoms with E-state index in [0.717, 1.165) is 24.2 Å². The maximum atomic E-state index is 12.3. The molecule has 8 nitrogen and oxygen atoms in total. The van der Waals surface area contributed by atoms with E-state index in [0.29, 0.717) is 23.5 Å². The number of nitrogens with zero attached hydrogens (tertiary/aromatic N) is 2. The number of nitrogens with one attached hydrogen (secondary N) is 3. The number of amides is 1. The summed E-state index contributed by atoms with van der Waals surface area (Å²) in [6, 6.07) is 4.59. The Balaban J connectivity index is 0.00000192. The van der Waals surface area contributed by atoms with Crippen LogP contribution in [0.4, 0.5) is 11.4 Å². The lowest BCUT2D eigenvalue weighted by atomic mass is 10.1. The second kappa shape index (κ2) is 6.76. The fourth-order valence-electron chi connectivity index (χ4n) is 2.49. The molecule has 122 valence electrons. The molecule has 0 saturated carbocycles. The van der Waals surface area contributed by atoms with Crippen molar-refractivity contribution >= 4 is 29.7 Å². The first kappa shape index (κ1) is 16.9. The highest BCUT2D eigenvalue weighted by Crippen LogP contribution is 2.23. The number of aromatic nitrogens is 2. The highest BCUT2D eigenvalue weighted by molar-refractivity contribution is 6.04. The molecule has 1 aliphatic rings. The number of carbonyl (C=O) groups is 1. The molecule has 2 aromatic rings. The number of nitro benzene ring substituents is 1. The van der Waals surface area contributed by atoms with E-state index in [1.807, 2.05) is 0 Å². The van der Waals surface area contributed by atoms with Crippen LogP contribution in [-0.4, -0.2) is 27.6 Å². The fourth-order valence-corrected chi connectivity index (χ4v) is 2.49. The van der Waals surface area contributed by atoms with E-state index in [-0.39, 0.29) is 24.0 Å². The number of aryl methyl sites for hydroxylation is 1. The number of anilines is 1. The summed E-state index contributed by atoms with van der Waals surface area (Å²) >= 11 is 0. The minimum absolute atomic E-state index is 0. The Hall–Kier alpha value is -2.45. The molecule has 1 amide bonds. The van der Waals surface area contributed by atoms with Crippen molar-refractivity contribution in [2.75, 3.05) is 11.9 Å². The SMILES string of the molecule is Cc1ccc(NC(=O)c2n[nH]c3c2CNCC3)cc1[N+](=O)[O-].Cl. The molecule has 1 aromatic heterocycles. The van der Waals surface area contributed by atoms with E-state index in [2.05, 4.69) is 20.8 Å². The second-order valence-electron chi connectivity index (χ2n) is 5.17. The topological polar surface area (TPSA) is 113 Å². The summed E-state index contributed by atoms with van der Waals surface area (Å²) in [7, 11) is 0. The molecule has 0 bridgehead atoms. The van der Waals surface area contributed by atoms with Gasteiger partial charge >= 0.3 is 0 Å². The van der Waals surface area contributed by atoms with Crippen LogP contribution in [0.15, 0.2) is 18.2 Å². The number of rotatable bonds is 3. The van der Waals surface area contributed by atoms with E-state index in [9.17, 15) is 14.9 Å². The molecule has 0 fully saturated rings. The lowest BCUT2D eigenvalue weighted by molar-refractivity contribution is -0.385. The van der Waals surface area contributed by atoms with Gasteiger partial charge in [0.05, 0.1) is 4.92 Å². The quantitative estimate of drug-likeness (QED) is 0.585. The number of hydrogen-bond acceptors (Lipinski definition) is 5. The van der Waals surface area contributed by atoms with Crippen LogP contribution in [0.3, 0.4) is 0 Å². The average Bonchev–Trinajstić information content (AvgIpc) is 2.93. The lowest BCUT2D eigenvalue weighted by Crippen LogP contribution is -2.25. The number of benzene rings is 1. The van der Waals surface area contributed by atoms with Crippen LogP contribution in [0.5, 0.6) is 0 Å². The van der Waals surface area contributed by atoms with Crippen LogP contribution in [0, 0.1) is 17.0 Å². The Morgan fingerprint density at radius 2 is 2.22 bits per heavy atom. The van der Waals surface area contributed by atoms with E-state index >= 15 is 0 Å². The smallest absolute Gasteiger partial charge is 0.276 e. The fraction of sp³-hybridized carbons (Fsp3) is 0.286. The van der Waals surface area contributed by atoms with Gasteiger partial charge in [0.1, 0.15) is 0 Å². The molecular formula is C14H16ClN5O3. The molecule has 0 aliphatic carbocycles. The summed E-state index contributed by atoms with van der Waals surface area (Å²) in [6.07, 6.45) is 0.797. The number of H-pyrrole nitrogens is 1. The molecule has 1 aromatic carbocycles. The number of halogens is 1. The standard InChI is InChI=1S/C14H15N5O3.ClH/c1-8-2-3-9(6-12(8)19(21)22)16-14(20)13-10-7-15-5-4-11(10)17-18-13;/h2-3,6,15H,4-5,7H2,1H3,(H,16,20)(H,17,18);1H. The van der Waals surface area contributed by atoms with Gasteiger partial charge in [-0.05, 0) is 13.0 Å². The van der Waals surface area contributed by atoms with Crippen LogP contribution < -0.4 is 10.6 Å². The maximum absolute atomic E-state index is 12.3. The third kappa shape index (κ3) is 3.33. The molecule has 9 heteroatoms. The summed E-state index contributed by atoms with van der Waals surface area (Å²) < 4.78 is 0. The normalized spacial score (nSPS) is 12.9. The number of carbonyl (C=O) groups excluding carboxylic acids is 1. The van der Waals surface area contributed by atoms with Gasteiger partial charge in [-0.3, -0.25) is 20.0 Å². The summed E-state index contributed by atoms with van der Waals surface area (Å²) in [6.45, 7) is 3.09. The molecule has 0 saturated heterocycles. The molecule has 1 aliphatic heterocycles. The lowest BCUT2D eigenvalue weighted by Gasteiger charge is -2.12. The van der Waals surface area contributed by atoms with E-state index in [1.54, 1.807) is 19.1 Å². The number of fused-ring (bicyclic) bond motifs is 1. The van der Waals surface area contributed by atoms with Crippen molar-refractivity contribution in [2.24, 2.45) is 0 Å². The Morgan fingerprint density at radius 3 is 2.96 bits per heavy atom. The largest absolute Gasteiger partial charge is 0.320 e. The van der Waals surface area contributed by atoms with Gasteiger partial charge in [0.2, 0.25) is 0 Å². The minimum atomic E-state index is -0.467. The third-order valence-corrected chi connectivity index (χ3v) is 3.69. The molecule has 3 N–H and O–H groups in total. The van der Waals surface area contributed by atoms with Crippen LogP contribution in [0.25, 0.3) is 0 Å². The van der Waals surface area contributed by atoms with E-state index in [4.69, 9.17) is 0 Å². The summed E-state index contributed by atoms with van der Waals surface area (Å²) in [5.74, 6) is -0.376. The van der Waals surface area contributed by atoms with Gasteiger partial charge in [0.15, 0.2) is 5.69 Å². The van der Waals surface area contributed by atoms with Crippen LogP contribution in [0.2, 0.25) is 0 Å². The first-order valence-corrected chi connectivity index (χ1v) is 6.89. The molecule has 3 rings (SSSR count). The second-order valence-corrected chi connectivity index (χ2v) is 5.17. The maximum Gasteiger partial charge on any atom is 0.276 e. The van der Waals surface area contributed by atoms with Gasteiger partial charge in [0, 0.05) is 48.1 Å². The van der Waals surface area contributed by atoms with Crippen molar-refractivity contribution in [3.05, 3.63) is 50.8 Å². The summed E-state index contributed by atoms with van der Waals surface area (Å²) in [5, 5.41) is 23.7. The highest BCUT2D eigenvalue weighted by Gasteiger charge is 2.22. The Bertz CT molecular complexity index is 759. The van der Waals surface area contributed by atoms with Gasteiger partial charge in [0.25, 0.3) is 11.6 Å². The predicted molar refractivity (Wildman–Crippen MR) is 87.0 cm³/mol. The summed E-state index contributed by atoms with van der Waals surface area (Å²) in [5.41, 5.74) is 3.03. The van der Waals surface area contributed by atoms with Gasteiger partial charge in [-0.1, -0.05) is 6.07 Å². The third-order valence-electron chi connectivity index (χ3n) is 3.69. The zero-order chi connectivity index (χ0) is 15.7. The Morgan fingerprint density at radius 1 is 1.43 bits per heavy atom. The van der Waals surface area contributed by atoms with Gasteiger partial charge in [-0.2, -0.15) is 5.10 Å². The van der Waals surface area contributed by atoms with Crippen molar-refractivity contribution in [1.82, 2.24) is 15.5 Å². The molecular weight excluding hydrogens is 322 g/mol. The minimum Gasteiger partial charge on any atom is -0.320 e. The summed E-state index contributed by atoms with van der Waals surface area (Å²) in [4.78, 5) is 22.8. The van der Waals surface area contributed by atoms with Crippen LogP contribution >= 0.6 is 12.4 Å². The van der Waals surface area contributed by atoms with Crippen molar-refractivity contribution in [2.45, 2.75) is 19.9 Å². The number of aromatic amines is 1. The molecule has 0 spiro atoms. The molecule has 0 atom stereocenters. The predicted octanol–water partition coefficient (Wildman–Crippen LogP) is 1.95. The van der Waals surface area contributed by atoms with Gasteiger partial charge < -0.3 is 10.6 Å². The zero-order valence-corrected chi connectivity index (χ0v) is 13.2. The Kier molecular flexibility index (Phi) is 4.97. The molecule has 0 radical (unpaired) electrons.